The highest BCUT2D eigenvalue weighted by Crippen LogP contribution is 2.45. The maximum atomic E-state index is 14.6. The van der Waals surface area contributed by atoms with Gasteiger partial charge in [0.1, 0.15) is 17.2 Å². The van der Waals surface area contributed by atoms with E-state index in [1.165, 1.54) is 32.4 Å². The number of aliphatic hydroxyl groups excluding tert-OH is 1. The fourth-order valence-electron chi connectivity index (χ4n) is 5.40. The molecule has 0 radical (unpaired) electrons. The Morgan fingerprint density at radius 2 is 1.63 bits per heavy atom. The van der Waals surface area contributed by atoms with Gasteiger partial charge in [0.15, 0.2) is 21.5 Å². The lowest BCUT2D eigenvalue weighted by atomic mass is 9.85. The molecular weight excluding hydrogens is 691 g/mol. The van der Waals surface area contributed by atoms with E-state index < -0.39 is 33.1 Å². The summed E-state index contributed by atoms with van der Waals surface area (Å²) in [4.78, 5) is 19.6. The average molecular weight is 728 g/mol. The van der Waals surface area contributed by atoms with Crippen LogP contribution in [0.25, 0.3) is 0 Å². The van der Waals surface area contributed by atoms with E-state index in [0.29, 0.717) is 52.0 Å². The predicted octanol–water partition coefficient (Wildman–Crippen LogP) is 6.21. The molecule has 1 aliphatic rings. The van der Waals surface area contributed by atoms with Crippen LogP contribution in [0.5, 0.6) is 17.2 Å². The Balaban J connectivity index is 1.58. The van der Waals surface area contributed by atoms with Gasteiger partial charge < -0.3 is 29.4 Å². The Morgan fingerprint density at radius 3 is 2.27 bits per heavy atom. The van der Waals surface area contributed by atoms with E-state index in [9.17, 15) is 13.2 Å². The molecule has 0 aromatic heterocycles. The largest absolute Gasteiger partial charge is 0.497 e. The van der Waals surface area contributed by atoms with Crippen molar-refractivity contribution in [1.82, 2.24) is 5.32 Å². The Labute approximate surface area is 295 Å². The molecule has 0 saturated heterocycles. The number of methoxy groups -OCH3 is 2. The first-order chi connectivity index (χ1) is 23.6. The summed E-state index contributed by atoms with van der Waals surface area (Å²) in [5.74, 6) is 0.759. The highest BCUT2D eigenvalue weighted by atomic mass is 35.5. The molecule has 0 unspecified atom stereocenters. The fourth-order valence-corrected chi connectivity index (χ4v) is 7.30. The molecule has 1 amide bonds. The number of carbonyl (C=O) groups is 1. The molecule has 5 rings (SSSR count). The van der Waals surface area contributed by atoms with Gasteiger partial charge >= 0.3 is 0 Å². The van der Waals surface area contributed by atoms with Gasteiger partial charge in [-0.15, -0.1) is 0 Å². The van der Waals surface area contributed by atoms with Gasteiger partial charge in [-0.2, -0.15) is 0 Å². The van der Waals surface area contributed by atoms with Gasteiger partial charge in [0, 0.05) is 53.2 Å². The highest BCUT2D eigenvalue weighted by Gasteiger charge is 2.54. The first-order valence-corrected chi connectivity index (χ1v) is 17.8. The van der Waals surface area contributed by atoms with Gasteiger partial charge in [0.2, 0.25) is 5.90 Å². The number of benzene rings is 4. The summed E-state index contributed by atoms with van der Waals surface area (Å²) < 4.78 is 50.1. The minimum absolute atomic E-state index is 0.00682. The molecule has 13 heteroatoms. The SMILES string of the molecule is COc1cc(CNC(=O)[C@]2(CCS(=O)(=O)c3ccccc3)N=C(c3ccc(OCCCO)cc3)O[C@@H]2c2ccc(Cl)cc2Cl)cc(OC)c1. The van der Waals surface area contributed by atoms with Crippen LogP contribution in [0.1, 0.15) is 35.6 Å². The van der Waals surface area contributed by atoms with Gasteiger partial charge in [-0.3, -0.25) is 4.79 Å². The summed E-state index contributed by atoms with van der Waals surface area (Å²) in [5, 5.41) is 12.6. The summed E-state index contributed by atoms with van der Waals surface area (Å²) in [6.07, 6.45) is -0.890. The summed E-state index contributed by atoms with van der Waals surface area (Å²) in [6, 6.07) is 24.9. The van der Waals surface area contributed by atoms with Crippen LogP contribution >= 0.6 is 23.2 Å². The Hall–Kier alpha value is -4.29. The van der Waals surface area contributed by atoms with E-state index >= 15 is 0 Å². The van der Waals surface area contributed by atoms with Crippen molar-refractivity contribution >= 4 is 44.8 Å². The van der Waals surface area contributed by atoms with Gasteiger partial charge in [-0.25, -0.2) is 13.4 Å². The van der Waals surface area contributed by atoms with E-state index in [2.05, 4.69) is 5.32 Å². The number of halogens is 2. The van der Waals surface area contributed by atoms with E-state index in [-0.39, 0.29) is 35.4 Å². The topological polar surface area (TPSA) is 133 Å². The fraction of sp³-hybridized carbons (Fsp3) is 0.278. The van der Waals surface area contributed by atoms with Crippen molar-refractivity contribution in [1.29, 1.82) is 0 Å². The Kier molecular flexibility index (Phi) is 11.7. The second kappa shape index (κ2) is 15.9. The van der Waals surface area contributed by atoms with Crippen LogP contribution in [0.3, 0.4) is 0 Å². The number of carbonyl (C=O) groups excluding carboxylic acids is 1. The Morgan fingerprint density at radius 1 is 0.939 bits per heavy atom. The van der Waals surface area contributed by atoms with Gasteiger partial charge in [0.25, 0.3) is 5.91 Å². The molecule has 0 bridgehead atoms. The van der Waals surface area contributed by atoms with E-state index in [1.54, 1.807) is 72.8 Å². The number of ether oxygens (including phenoxy) is 4. The summed E-state index contributed by atoms with van der Waals surface area (Å²) in [7, 11) is -0.797. The van der Waals surface area contributed by atoms with Crippen molar-refractivity contribution in [2.75, 3.05) is 33.2 Å². The quantitative estimate of drug-likeness (QED) is 0.138. The molecule has 4 aromatic rings. The second-order valence-electron chi connectivity index (χ2n) is 11.2. The predicted molar refractivity (Wildman–Crippen MR) is 188 cm³/mol. The molecule has 1 aliphatic heterocycles. The third-order valence-electron chi connectivity index (χ3n) is 7.99. The maximum absolute atomic E-state index is 14.6. The molecule has 2 N–H and O–H groups in total. The lowest BCUT2D eigenvalue weighted by molar-refractivity contribution is -0.129. The van der Waals surface area contributed by atoms with Gasteiger partial charge in [0.05, 0.1) is 31.5 Å². The molecule has 4 aromatic carbocycles. The van der Waals surface area contributed by atoms with Crippen LogP contribution in [0.4, 0.5) is 0 Å². The van der Waals surface area contributed by atoms with Crippen LogP contribution in [0.15, 0.2) is 101 Å². The van der Waals surface area contributed by atoms with E-state index in [1.807, 2.05) is 0 Å². The summed E-state index contributed by atoms with van der Waals surface area (Å²) >= 11 is 13.0. The molecule has 258 valence electrons. The van der Waals surface area contributed by atoms with Crippen LogP contribution in [-0.2, 0) is 25.9 Å². The van der Waals surface area contributed by atoms with Gasteiger partial charge in [-0.1, -0.05) is 47.5 Å². The number of hydrogen-bond acceptors (Lipinski definition) is 9. The lowest BCUT2D eigenvalue weighted by Crippen LogP contribution is -2.49. The van der Waals surface area contributed by atoms with E-state index in [0.717, 1.165) is 0 Å². The minimum Gasteiger partial charge on any atom is -0.497 e. The molecular formula is C36H36Cl2N2O8S. The van der Waals surface area contributed by atoms with Crippen LogP contribution in [0, 0.1) is 0 Å². The summed E-state index contributed by atoms with van der Waals surface area (Å²) in [5.41, 5.74) is -0.169. The van der Waals surface area contributed by atoms with Crippen LogP contribution in [0.2, 0.25) is 10.0 Å². The molecule has 1 heterocycles. The number of hydrogen-bond donors (Lipinski definition) is 2. The highest BCUT2D eigenvalue weighted by molar-refractivity contribution is 7.91. The molecule has 0 saturated carbocycles. The molecule has 49 heavy (non-hydrogen) atoms. The zero-order valence-corrected chi connectivity index (χ0v) is 29.2. The molecule has 0 aliphatic carbocycles. The molecule has 0 fully saturated rings. The zero-order valence-electron chi connectivity index (χ0n) is 26.9. The minimum atomic E-state index is -3.85. The normalized spacial score (nSPS) is 17.2. The second-order valence-corrected chi connectivity index (χ2v) is 14.2. The van der Waals surface area contributed by atoms with Crippen molar-refractivity contribution in [2.24, 2.45) is 4.99 Å². The monoisotopic (exact) mass is 726 g/mol. The van der Waals surface area contributed by atoms with Gasteiger partial charge in [-0.05, 0) is 66.2 Å². The Bertz CT molecular complexity index is 1880. The number of amides is 1. The van der Waals surface area contributed by atoms with E-state index in [4.69, 9.17) is 52.2 Å². The number of aliphatic imine (C=N–C) groups is 1. The number of rotatable bonds is 15. The standard InChI is InChI=1S/C36H36Cl2N2O8S/c1-45-28-19-24(20-29(22-28)46-2)23-39-35(42)36(15-18-49(43,44)30-7-4-3-5-8-30)33(31-14-11-26(37)21-32(31)38)48-34(40-36)25-9-12-27(13-10-25)47-17-6-16-41/h3-5,7-14,19-22,33,41H,6,15-18,23H2,1-2H3,(H,39,42)/t33-,36-/m1/s1. The lowest BCUT2D eigenvalue weighted by Gasteiger charge is -2.31. The first-order valence-electron chi connectivity index (χ1n) is 15.4. The van der Waals surface area contributed by atoms with Crippen LogP contribution < -0.4 is 19.5 Å². The van der Waals surface area contributed by atoms with Crippen molar-refractivity contribution in [3.63, 3.8) is 0 Å². The van der Waals surface area contributed by atoms with Crippen molar-refractivity contribution in [3.05, 3.63) is 118 Å². The number of nitrogens with one attached hydrogen (secondary N) is 1. The third-order valence-corrected chi connectivity index (χ3v) is 10.3. The number of aliphatic hydroxyl groups is 1. The summed E-state index contributed by atoms with van der Waals surface area (Å²) in [6.45, 7) is 0.390. The first kappa shape index (κ1) is 36.0. The maximum Gasteiger partial charge on any atom is 0.252 e. The average Bonchev–Trinajstić information content (AvgIpc) is 3.51. The number of sulfone groups is 1. The molecule has 10 nitrogen and oxygen atoms in total. The number of nitrogens with zero attached hydrogens (tertiary/aromatic N) is 1. The third kappa shape index (κ3) is 8.48. The van der Waals surface area contributed by atoms with Crippen LogP contribution in [-0.4, -0.2) is 64.1 Å². The molecule has 0 spiro atoms. The van der Waals surface area contributed by atoms with Crippen molar-refractivity contribution in [2.45, 2.75) is 35.9 Å². The molecule has 2 atom stereocenters. The van der Waals surface area contributed by atoms with Crippen molar-refractivity contribution < 1.29 is 37.3 Å². The van der Waals surface area contributed by atoms with Crippen molar-refractivity contribution in [3.8, 4) is 17.2 Å². The zero-order chi connectivity index (χ0) is 35.0. The smallest absolute Gasteiger partial charge is 0.252 e.